The van der Waals surface area contributed by atoms with Crippen LogP contribution in [-0.2, 0) is 11.3 Å². The van der Waals surface area contributed by atoms with Crippen molar-refractivity contribution in [3.05, 3.63) is 35.9 Å². The van der Waals surface area contributed by atoms with Gasteiger partial charge < -0.3 is 0 Å². The summed E-state index contributed by atoms with van der Waals surface area (Å²) >= 11 is 0. The summed E-state index contributed by atoms with van der Waals surface area (Å²) in [5, 5.41) is 0. The van der Waals surface area contributed by atoms with Crippen LogP contribution in [-0.4, -0.2) is 23.3 Å². The van der Waals surface area contributed by atoms with E-state index in [-0.39, 0.29) is 0 Å². The summed E-state index contributed by atoms with van der Waals surface area (Å²) in [6.07, 6.45) is 4.32. The molecule has 0 N–H and O–H groups in total. The molecule has 17 heavy (non-hydrogen) atoms. The van der Waals surface area contributed by atoms with E-state index in [2.05, 4.69) is 35.2 Å². The largest absolute Gasteiger partial charge is 0.299 e. The topological polar surface area (TPSA) is 20.3 Å². The summed E-state index contributed by atoms with van der Waals surface area (Å²) < 4.78 is 0. The number of fused-ring (bicyclic) bond motifs is 1. The van der Waals surface area contributed by atoms with Gasteiger partial charge >= 0.3 is 0 Å². The van der Waals surface area contributed by atoms with Gasteiger partial charge in [-0.15, -0.1) is 0 Å². The fourth-order valence-corrected chi connectivity index (χ4v) is 3.37. The average Bonchev–Trinajstić information content (AvgIpc) is 2.84. The molecule has 0 radical (unpaired) electrons. The fourth-order valence-electron chi connectivity index (χ4n) is 3.37. The Morgan fingerprint density at radius 1 is 1.18 bits per heavy atom. The average molecular weight is 229 g/mol. The number of rotatable bonds is 2. The number of carbonyl (C=O) groups excluding carboxylic acids is 1. The number of hydrogen-bond donors (Lipinski definition) is 0. The number of nitrogens with zero attached hydrogens (tertiary/aromatic N) is 1. The van der Waals surface area contributed by atoms with E-state index < -0.39 is 0 Å². The monoisotopic (exact) mass is 229 g/mol. The van der Waals surface area contributed by atoms with Crippen molar-refractivity contribution < 1.29 is 4.79 Å². The number of Topliss-reactive ketones (excluding diaryl/α,β-unsaturated/α-hetero) is 1. The van der Waals surface area contributed by atoms with Crippen LogP contribution in [0.2, 0.25) is 0 Å². The van der Waals surface area contributed by atoms with Gasteiger partial charge in [0.1, 0.15) is 5.78 Å². The molecular weight excluding hydrogens is 210 g/mol. The summed E-state index contributed by atoms with van der Waals surface area (Å²) in [6.45, 7) is 1.96. The van der Waals surface area contributed by atoms with Gasteiger partial charge in [-0.25, -0.2) is 0 Å². The molecule has 2 nitrogen and oxygen atoms in total. The molecule has 1 saturated carbocycles. The quantitative estimate of drug-likeness (QED) is 0.777. The maximum atomic E-state index is 11.8. The smallest absolute Gasteiger partial charge is 0.138 e. The molecule has 90 valence electrons. The molecule has 1 aromatic carbocycles. The summed E-state index contributed by atoms with van der Waals surface area (Å²) in [5.74, 6) is 0.851. The van der Waals surface area contributed by atoms with Crippen LogP contribution >= 0.6 is 0 Å². The molecule has 0 amide bonds. The van der Waals surface area contributed by atoms with Crippen molar-refractivity contribution in [3.63, 3.8) is 0 Å². The molecule has 0 spiro atoms. The van der Waals surface area contributed by atoms with Crippen molar-refractivity contribution in [1.82, 2.24) is 4.90 Å². The molecule has 2 aliphatic rings. The van der Waals surface area contributed by atoms with E-state index in [4.69, 9.17) is 0 Å². The molecular formula is C15H19NO. The minimum Gasteiger partial charge on any atom is -0.299 e. The Morgan fingerprint density at radius 3 is 2.82 bits per heavy atom. The van der Waals surface area contributed by atoms with Crippen LogP contribution in [0, 0.1) is 5.92 Å². The lowest BCUT2D eigenvalue weighted by Crippen LogP contribution is -2.46. The van der Waals surface area contributed by atoms with Gasteiger partial charge in [0.2, 0.25) is 0 Å². The summed E-state index contributed by atoms with van der Waals surface area (Å²) in [5.41, 5.74) is 1.37. The standard InChI is InChI=1S/C15H19NO/c17-15-9-10-16(14-8-4-7-13(14)15)11-12-5-2-1-3-6-12/h1-3,5-6,13-14H,4,7-11H2/t13-,14-/m0/s1. The third-order valence-corrected chi connectivity index (χ3v) is 4.24. The molecule has 0 aromatic heterocycles. The molecule has 2 fully saturated rings. The Labute approximate surface area is 103 Å². The van der Waals surface area contributed by atoms with Gasteiger partial charge in [0, 0.05) is 31.5 Å². The highest BCUT2D eigenvalue weighted by Crippen LogP contribution is 2.35. The number of hydrogen-bond acceptors (Lipinski definition) is 2. The van der Waals surface area contributed by atoms with Crippen LogP contribution in [0.15, 0.2) is 30.3 Å². The van der Waals surface area contributed by atoms with Crippen molar-refractivity contribution in [2.24, 2.45) is 5.92 Å². The molecule has 3 rings (SSSR count). The third-order valence-electron chi connectivity index (χ3n) is 4.24. The van der Waals surface area contributed by atoms with Crippen molar-refractivity contribution in [2.45, 2.75) is 38.3 Å². The maximum Gasteiger partial charge on any atom is 0.138 e. The highest BCUT2D eigenvalue weighted by Gasteiger charge is 2.39. The number of piperidine rings is 1. The first-order valence-corrected chi connectivity index (χ1v) is 6.65. The Hall–Kier alpha value is -1.15. The second kappa shape index (κ2) is 4.61. The van der Waals surface area contributed by atoms with Gasteiger partial charge in [0.25, 0.3) is 0 Å². The predicted molar refractivity (Wildman–Crippen MR) is 67.6 cm³/mol. The zero-order valence-electron chi connectivity index (χ0n) is 10.1. The van der Waals surface area contributed by atoms with Gasteiger partial charge in [0.15, 0.2) is 0 Å². The number of likely N-dealkylation sites (tertiary alicyclic amines) is 1. The normalized spacial score (nSPS) is 29.3. The van der Waals surface area contributed by atoms with Crippen molar-refractivity contribution in [1.29, 1.82) is 0 Å². The molecule has 1 aromatic rings. The third kappa shape index (κ3) is 2.14. The van der Waals surface area contributed by atoms with Crippen LogP contribution in [0.5, 0.6) is 0 Å². The first-order valence-electron chi connectivity index (χ1n) is 6.65. The van der Waals surface area contributed by atoms with Crippen LogP contribution in [0.25, 0.3) is 0 Å². The maximum absolute atomic E-state index is 11.8. The Morgan fingerprint density at radius 2 is 2.00 bits per heavy atom. The van der Waals surface area contributed by atoms with E-state index in [1.165, 1.54) is 18.4 Å². The van der Waals surface area contributed by atoms with Crippen molar-refractivity contribution >= 4 is 5.78 Å². The summed E-state index contributed by atoms with van der Waals surface area (Å²) in [7, 11) is 0. The van der Waals surface area contributed by atoms with Gasteiger partial charge in [-0.2, -0.15) is 0 Å². The molecule has 1 heterocycles. The Bertz CT molecular complexity index is 401. The molecule has 1 saturated heterocycles. The Balaban J connectivity index is 1.73. The van der Waals surface area contributed by atoms with Gasteiger partial charge in [-0.1, -0.05) is 36.8 Å². The zero-order chi connectivity index (χ0) is 11.7. The fraction of sp³-hybridized carbons (Fsp3) is 0.533. The molecule has 1 aliphatic heterocycles. The van der Waals surface area contributed by atoms with E-state index in [9.17, 15) is 4.79 Å². The SMILES string of the molecule is O=C1CCN(Cc2ccccc2)[C@H]2CCC[C@H]12. The van der Waals surface area contributed by atoms with Crippen LogP contribution in [0.3, 0.4) is 0 Å². The lowest BCUT2D eigenvalue weighted by molar-refractivity contribution is -0.128. The highest BCUT2D eigenvalue weighted by molar-refractivity contribution is 5.83. The van der Waals surface area contributed by atoms with Crippen LogP contribution < -0.4 is 0 Å². The zero-order valence-corrected chi connectivity index (χ0v) is 10.1. The number of benzene rings is 1. The number of carbonyl (C=O) groups is 1. The minimum absolute atomic E-state index is 0.340. The van der Waals surface area contributed by atoms with Gasteiger partial charge in [0.05, 0.1) is 0 Å². The molecule has 0 bridgehead atoms. The Kier molecular flexibility index (Phi) is 2.98. The molecule has 2 atom stereocenters. The molecule has 1 aliphatic carbocycles. The van der Waals surface area contributed by atoms with Gasteiger partial charge in [-0.3, -0.25) is 9.69 Å². The van der Waals surface area contributed by atoms with Crippen LogP contribution in [0.1, 0.15) is 31.2 Å². The van der Waals surface area contributed by atoms with E-state index in [0.717, 1.165) is 25.9 Å². The van der Waals surface area contributed by atoms with Gasteiger partial charge in [-0.05, 0) is 18.4 Å². The summed E-state index contributed by atoms with van der Waals surface area (Å²) in [6, 6.07) is 11.1. The van der Waals surface area contributed by atoms with E-state index >= 15 is 0 Å². The molecule has 0 unspecified atom stereocenters. The molecule has 2 heteroatoms. The van der Waals surface area contributed by atoms with E-state index in [1.54, 1.807) is 0 Å². The van der Waals surface area contributed by atoms with Crippen LogP contribution in [0.4, 0.5) is 0 Å². The van der Waals surface area contributed by atoms with Crippen molar-refractivity contribution in [2.75, 3.05) is 6.54 Å². The first kappa shape index (κ1) is 11.0. The second-order valence-corrected chi connectivity index (χ2v) is 5.28. The minimum atomic E-state index is 0.340. The predicted octanol–water partition coefficient (Wildman–Crippen LogP) is 2.63. The van der Waals surface area contributed by atoms with Crippen molar-refractivity contribution in [3.8, 4) is 0 Å². The highest BCUT2D eigenvalue weighted by atomic mass is 16.1. The summed E-state index contributed by atoms with van der Waals surface area (Å²) in [4.78, 5) is 14.4. The lowest BCUT2D eigenvalue weighted by atomic mass is 9.90. The van der Waals surface area contributed by atoms with E-state index in [1.807, 2.05) is 0 Å². The second-order valence-electron chi connectivity index (χ2n) is 5.28. The first-order chi connectivity index (χ1) is 8.34. The van der Waals surface area contributed by atoms with E-state index in [0.29, 0.717) is 17.7 Å². The number of ketones is 1. The lowest BCUT2D eigenvalue weighted by Gasteiger charge is -2.36.